The van der Waals surface area contributed by atoms with E-state index in [1.165, 1.54) is 37.9 Å². The van der Waals surface area contributed by atoms with Gasteiger partial charge in [-0.05, 0) is 81.8 Å². The molecule has 4 unspecified atom stereocenters. The lowest BCUT2D eigenvalue weighted by molar-refractivity contribution is -0.131. The number of hydrogen-bond donors (Lipinski definition) is 0. The third-order valence-corrected chi connectivity index (χ3v) is 6.58. The van der Waals surface area contributed by atoms with Crippen LogP contribution in [0.4, 0.5) is 0 Å². The summed E-state index contributed by atoms with van der Waals surface area (Å²) in [5.74, 6) is 2.54. The zero-order valence-electron chi connectivity index (χ0n) is 17.9. The third-order valence-electron chi connectivity index (χ3n) is 6.58. The van der Waals surface area contributed by atoms with Gasteiger partial charge < -0.3 is 9.47 Å². The number of piperidine rings is 3. The fourth-order valence-electron chi connectivity index (χ4n) is 5.21. The van der Waals surface area contributed by atoms with E-state index in [-0.39, 0.29) is 11.7 Å². The van der Waals surface area contributed by atoms with Gasteiger partial charge in [0.15, 0.2) is 0 Å². The molecule has 4 nitrogen and oxygen atoms in total. The average Bonchev–Trinajstić information content (AvgIpc) is 2.70. The van der Waals surface area contributed by atoms with Crippen LogP contribution in [0.15, 0.2) is 30.5 Å². The van der Waals surface area contributed by atoms with Crippen LogP contribution in [0.5, 0.6) is 5.75 Å². The van der Waals surface area contributed by atoms with Crippen LogP contribution in [-0.4, -0.2) is 41.7 Å². The van der Waals surface area contributed by atoms with Gasteiger partial charge in [0, 0.05) is 24.2 Å². The molecule has 5 rings (SSSR count). The molecule has 4 heterocycles. The number of methoxy groups -OCH3 is 1. The van der Waals surface area contributed by atoms with Crippen LogP contribution in [0.1, 0.15) is 58.6 Å². The maximum atomic E-state index is 6.76. The van der Waals surface area contributed by atoms with E-state index in [1.807, 2.05) is 18.3 Å². The first-order chi connectivity index (χ1) is 13.4. The Labute approximate surface area is 169 Å². The Hall–Kier alpha value is -1.65. The Kier molecular flexibility index (Phi) is 5.36. The summed E-state index contributed by atoms with van der Waals surface area (Å²) in [7, 11) is 1.72. The first kappa shape index (κ1) is 19.7. The maximum absolute atomic E-state index is 6.76. The van der Waals surface area contributed by atoms with Gasteiger partial charge in [-0.3, -0.25) is 9.88 Å². The first-order valence-corrected chi connectivity index (χ1v) is 10.7. The van der Waals surface area contributed by atoms with E-state index in [2.05, 4.69) is 49.7 Å². The second-order valence-electron chi connectivity index (χ2n) is 9.45. The largest absolute Gasteiger partial charge is 0.497 e. The summed E-state index contributed by atoms with van der Waals surface area (Å²) in [6.07, 6.45) is 5.82. The van der Waals surface area contributed by atoms with Crippen molar-refractivity contribution >= 4 is 10.9 Å². The average molecular weight is 383 g/mol. The van der Waals surface area contributed by atoms with Gasteiger partial charge in [0.2, 0.25) is 0 Å². The van der Waals surface area contributed by atoms with Crippen LogP contribution < -0.4 is 4.74 Å². The number of pyridine rings is 1. The molecule has 3 saturated heterocycles. The molecule has 28 heavy (non-hydrogen) atoms. The maximum Gasteiger partial charge on any atom is 0.119 e. The van der Waals surface area contributed by atoms with Crippen LogP contribution in [0.25, 0.3) is 10.9 Å². The fraction of sp³-hybridized carbons (Fsp3) is 0.625. The van der Waals surface area contributed by atoms with Crippen molar-refractivity contribution < 1.29 is 9.47 Å². The highest BCUT2D eigenvalue weighted by Gasteiger charge is 2.44. The van der Waals surface area contributed by atoms with E-state index in [9.17, 15) is 0 Å². The van der Waals surface area contributed by atoms with Crippen LogP contribution in [0.3, 0.4) is 0 Å². The smallest absolute Gasteiger partial charge is 0.119 e. The lowest BCUT2D eigenvalue weighted by atomic mass is 9.72. The normalized spacial score (nSPS) is 28.5. The summed E-state index contributed by atoms with van der Waals surface area (Å²) >= 11 is 0. The van der Waals surface area contributed by atoms with Gasteiger partial charge in [0.05, 0.1) is 24.3 Å². The molecule has 1 aromatic heterocycles. The van der Waals surface area contributed by atoms with E-state index >= 15 is 0 Å². The van der Waals surface area contributed by atoms with Crippen molar-refractivity contribution in [3.63, 3.8) is 0 Å². The van der Waals surface area contributed by atoms with Gasteiger partial charge in [0.25, 0.3) is 0 Å². The summed E-state index contributed by atoms with van der Waals surface area (Å²) < 4.78 is 12.3. The minimum Gasteiger partial charge on any atom is -0.497 e. The van der Waals surface area contributed by atoms with Gasteiger partial charge in [-0.15, -0.1) is 0 Å². The number of fused-ring (bicyclic) bond motifs is 4. The highest BCUT2D eigenvalue weighted by Crippen LogP contribution is 2.45. The van der Waals surface area contributed by atoms with Crippen molar-refractivity contribution in [1.29, 1.82) is 0 Å². The second-order valence-corrected chi connectivity index (χ2v) is 9.45. The summed E-state index contributed by atoms with van der Waals surface area (Å²) in [4.78, 5) is 7.28. The zero-order chi connectivity index (χ0) is 19.9. The molecular formula is C24H34N2O2. The van der Waals surface area contributed by atoms with Gasteiger partial charge in [-0.25, -0.2) is 0 Å². The number of aromatic nitrogens is 1. The molecule has 3 aliphatic heterocycles. The molecule has 0 N–H and O–H groups in total. The van der Waals surface area contributed by atoms with Crippen LogP contribution in [0.2, 0.25) is 0 Å². The minimum atomic E-state index is -0.207. The summed E-state index contributed by atoms with van der Waals surface area (Å²) in [5.41, 5.74) is 2.04. The Bertz CT molecular complexity index is 829. The Morgan fingerprint density at radius 1 is 1.25 bits per heavy atom. The highest BCUT2D eigenvalue weighted by molar-refractivity contribution is 5.84. The van der Waals surface area contributed by atoms with Gasteiger partial charge in [-0.2, -0.15) is 0 Å². The van der Waals surface area contributed by atoms with Crippen molar-refractivity contribution in [3.05, 3.63) is 36.0 Å². The minimum absolute atomic E-state index is 0.0400. The predicted molar refractivity (Wildman–Crippen MR) is 114 cm³/mol. The molecule has 4 heteroatoms. The van der Waals surface area contributed by atoms with Crippen molar-refractivity contribution in [1.82, 2.24) is 9.88 Å². The number of rotatable bonds is 5. The molecule has 1 aromatic carbocycles. The van der Waals surface area contributed by atoms with Crippen LogP contribution in [0, 0.1) is 11.8 Å². The lowest BCUT2D eigenvalue weighted by Gasteiger charge is -2.52. The highest BCUT2D eigenvalue weighted by atomic mass is 16.5. The van der Waals surface area contributed by atoms with Gasteiger partial charge in [0.1, 0.15) is 5.75 Å². The van der Waals surface area contributed by atoms with Gasteiger partial charge in [-0.1, -0.05) is 13.3 Å². The van der Waals surface area contributed by atoms with Gasteiger partial charge >= 0.3 is 0 Å². The molecule has 0 spiro atoms. The monoisotopic (exact) mass is 382 g/mol. The van der Waals surface area contributed by atoms with Crippen molar-refractivity contribution in [2.24, 2.45) is 11.8 Å². The molecule has 0 amide bonds. The molecule has 3 fully saturated rings. The standard InChI is InChI=1S/C24H34N2O2/c1-6-16-15-26-12-10-17(16)13-22(26)23(28-24(2,3)4)19-9-11-25-21-8-7-18(27-5)14-20(19)21/h7-9,11,14,16-17,22-23H,6,10,12-13,15H2,1-5H3/t16?,17?,22?,23-/m0/s1. The van der Waals surface area contributed by atoms with E-state index in [0.29, 0.717) is 6.04 Å². The quantitative estimate of drug-likeness (QED) is 0.710. The molecule has 5 atom stereocenters. The van der Waals surface area contributed by atoms with E-state index in [0.717, 1.165) is 28.5 Å². The zero-order valence-corrected chi connectivity index (χ0v) is 17.9. The topological polar surface area (TPSA) is 34.6 Å². The van der Waals surface area contributed by atoms with E-state index in [1.54, 1.807) is 7.11 Å². The van der Waals surface area contributed by atoms with Crippen LogP contribution in [-0.2, 0) is 4.74 Å². The molecule has 0 saturated carbocycles. The molecule has 152 valence electrons. The first-order valence-electron chi connectivity index (χ1n) is 10.7. The number of hydrogen-bond acceptors (Lipinski definition) is 4. The van der Waals surface area contributed by atoms with Crippen molar-refractivity contribution in [3.8, 4) is 5.75 Å². The molecule has 0 radical (unpaired) electrons. The summed E-state index contributed by atoms with van der Waals surface area (Å²) in [5, 5.41) is 1.14. The second kappa shape index (κ2) is 7.64. The molecule has 0 aliphatic carbocycles. The van der Waals surface area contributed by atoms with Crippen molar-refractivity contribution in [2.45, 2.75) is 64.7 Å². The molecular weight excluding hydrogens is 348 g/mol. The van der Waals surface area contributed by atoms with Crippen LogP contribution >= 0.6 is 0 Å². The SMILES string of the molecule is CCC1CN2CCC1CC2[C@@H](OC(C)(C)C)c1ccnc2ccc(OC)cc12. The Morgan fingerprint density at radius 3 is 2.71 bits per heavy atom. The number of benzene rings is 1. The molecule has 3 aliphatic rings. The molecule has 2 aromatic rings. The Morgan fingerprint density at radius 2 is 2.07 bits per heavy atom. The third kappa shape index (κ3) is 3.77. The fourth-order valence-corrected chi connectivity index (χ4v) is 5.21. The predicted octanol–water partition coefficient (Wildman–Crippen LogP) is 5.22. The Balaban J connectivity index is 1.77. The number of nitrogens with zero attached hydrogens (tertiary/aromatic N) is 2. The molecule has 2 bridgehead atoms. The summed E-state index contributed by atoms with van der Waals surface area (Å²) in [6.45, 7) is 11.2. The van der Waals surface area contributed by atoms with E-state index in [4.69, 9.17) is 9.47 Å². The summed E-state index contributed by atoms with van der Waals surface area (Å²) in [6, 6.07) is 8.72. The lowest BCUT2D eigenvalue weighted by Crippen LogP contribution is -2.56. The van der Waals surface area contributed by atoms with E-state index < -0.39 is 0 Å². The van der Waals surface area contributed by atoms with Crippen molar-refractivity contribution in [2.75, 3.05) is 20.2 Å². The number of ether oxygens (including phenoxy) is 2.